The Kier molecular flexibility index (Phi) is 6.13. The van der Waals surface area contributed by atoms with Crippen LogP contribution in [0.5, 0.6) is 0 Å². The number of hydrogen-bond acceptors (Lipinski definition) is 5. The largest absolute Gasteiger partial charge is 0.336 e. The fraction of sp³-hybridized carbons (Fsp3) is 0.0952. The first-order chi connectivity index (χ1) is 14.5. The highest BCUT2D eigenvalue weighted by atomic mass is 35.5. The van der Waals surface area contributed by atoms with Gasteiger partial charge in [0, 0.05) is 12.1 Å². The number of nitrogens with one attached hydrogen (secondary N) is 1. The van der Waals surface area contributed by atoms with Crippen LogP contribution in [-0.4, -0.2) is 26.5 Å². The van der Waals surface area contributed by atoms with E-state index in [2.05, 4.69) is 39.8 Å². The summed E-state index contributed by atoms with van der Waals surface area (Å²) in [4.78, 5) is 12.2. The number of carbonyl (C=O) groups is 1. The van der Waals surface area contributed by atoms with Gasteiger partial charge in [-0.25, -0.2) is 4.68 Å². The maximum atomic E-state index is 12.2. The Bertz CT molecular complexity index is 1220. The third-order valence-corrected chi connectivity index (χ3v) is 6.18. The lowest BCUT2D eigenvalue weighted by Crippen LogP contribution is -2.17. The molecule has 4 aromatic rings. The van der Waals surface area contributed by atoms with Crippen molar-refractivity contribution in [2.45, 2.75) is 11.6 Å². The number of hydrogen-bond donors (Lipinski definition) is 2. The van der Waals surface area contributed by atoms with Crippen LogP contribution in [0.2, 0.25) is 10.0 Å². The lowest BCUT2D eigenvalue weighted by Gasteiger charge is -2.08. The van der Waals surface area contributed by atoms with E-state index in [0.29, 0.717) is 33.1 Å². The van der Waals surface area contributed by atoms with Crippen LogP contribution in [0.1, 0.15) is 11.4 Å². The molecule has 4 rings (SSSR count). The number of nitrogens with zero attached hydrogens (tertiary/aromatic N) is 3. The topological polar surface area (TPSA) is 85.8 Å². The predicted molar refractivity (Wildman–Crippen MR) is 123 cm³/mol. The van der Waals surface area contributed by atoms with Crippen LogP contribution in [0.4, 0.5) is 5.69 Å². The van der Waals surface area contributed by atoms with Crippen LogP contribution in [0.3, 0.4) is 0 Å². The maximum Gasteiger partial charge on any atom is 0.234 e. The van der Waals surface area contributed by atoms with Gasteiger partial charge in [0.25, 0.3) is 0 Å². The minimum Gasteiger partial charge on any atom is -0.336 e. The van der Waals surface area contributed by atoms with Crippen molar-refractivity contribution in [3.63, 3.8) is 0 Å². The Morgan fingerprint density at radius 1 is 1.03 bits per heavy atom. The normalized spacial score (nSPS) is 11.0. The number of halogens is 2. The van der Waals surface area contributed by atoms with Gasteiger partial charge in [-0.15, -0.1) is 10.2 Å². The Morgan fingerprint density at radius 3 is 2.67 bits per heavy atom. The van der Waals surface area contributed by atoms with Gasteiger partial charge in [-0.2, -0.15) is 0 Å². The number of anilines is 1. The Morgan fingerprint density at radius 2 is 1.83 bits per heavy atom. The zero-order valence-corrected chi connectivity index (χ0v) is 18.0. The SMILES string of the molecule is Nn1c(Cc2cccc3ccccc23)nnc1SCC(=O)Nc1ccc(Cl)c(Cl)c1. The summed E-state index contributed by atoms with van der Waals surface area (Å²) in [5.41, 5.74) is 1.68. The van der Waals surface area contributed by atoms with Gasteiger partial charge in [-0.3, -0.25) is 4.79 Å². The highest BCUT2D eigenvalue weighted by Gasteiger charge is 2.14. The quantitative estimate of drug-likeness (QED) is 0.321. The van der Waals surface area contributed by atoms with Crippen LogP contribution < -0.4 is 11.2 Å². The molecule has 152 valence electrons. The molecule has 0 saturated carbocycles. The molecule has 0 saturated heterocycles. The average molecular weight is 458 g/mol. The summed E-state index contributed by atoms with van der Waals surface area (Å²) in [7, 11) is 0. The van der Waals surface area contributed by atoms with Crippen molar-refractivity contribution < 1.29 is 4.79 Å². The number of aromatic nitrogens is 3. The number of rotatable bonds is 6. The monoisotopic (exact) mass is 457 g/mol. The molecular formula is C21H17Cl2N5OS. The number of thioether (sulfide) groups is 1. The molecule has 3 N–H and O–H groups in total. The van der Waals surface area contributed by atoms with Gasteiger partial charge in [0.1, 0.15) is 0 Å². The van der Waals surface area contributed by atoms with Crippen LogP contribution in [0, 0.1) is 0 Å². The van der Waals surface area contributed by atoms with E-state index in [1.54, 1.807) is 18.2 Å². The first-order valence-electron chi connectivity index (χ1n) is 9.05. The summed E-state index contributed by atoms with van der Waals surface area (Å²) in [5.74, 6) is 6.72. The number of nitrogens with two attached hydrogens (primary N) is 1. The zero-order valence-electron chi connectivity index (χ0n) is 15.7. The molecule has 0 radical (unpaired) electrons. The van der Waals surface area contributed by atoms with Gasteiger partial charge < -0.3 is 11.2 Å². The highest BCUT2D eigenvalue weighted by molar-refractivity contribution is 7.99. The Labute approximate surface area is 187 Å². The lowest BCUT2D eigenvalue weighted by atomic mass is 10.0. The van der Waals surface area contributed by atoms with E-state index in [9.17, 15) is 4.79 Å². The van der Waals surface area contributed by atoms with Crippen molar-refractivity contribution in [2.75, 3.05) is 16.9 Å². The molecule has 0 bridgehead atoms. The van der Waals surface area contributed by atoms with Gasteiger partial charge in [0.15, 0.2) is 5.82 Å². The predicted octanol–water partition coefficient (Wildman–Crippen LogP) is 4.77. The summed E-state index contributed by atoms with van der Waals surface area (Å²) >= 11 is 13.1. The van der Waals surface area contributed by atoms with E-state index in [4.69, 9.17) is 29.0 Å². The molecule has 0 aliphatic carbocycles. The molecule has 30 heavy (non-hydrogen) atoms. The molecular weight excluding hydrogens is 441 g/mol. The zero-order chi connectivity index (χ0) is 21.1. The van der Waals surface area contributed by atoms with Crippen molar-refractivity contribution in [3.8, 4) is 0 Å². The highest BCUT2D eigenvalue weighted by Crippen LogP contribution is 2.26. The third kappa shape index (κ3) is 4.53. The second-order valence-electron chi connectivity index (χ2n) is 6.55. The second kappa shape index (κ2) is 8.95. The summed E-state index contributed by atoms with van der Waals surface area (Å²) in [6, 6.07) is 19.2. The smallest absolute Gasteiger partial charge is 0.234 e. The number of benzene rings is 3. The van der Waals surface area contributed by atoms with Gasteiger partial charge in [0.05, 0.1) is 15.8 Å². The molecule has 0 unspecified atom stereocenters. The van der Waals surface area contributed by atoms with Crippen molar-refractivity contribution in [3.05, 3.63) is 82.1 Å². The van der Waals surface area contributed by atoms with E-state index in [-0.39, 0.29) is 11.7 Å². The standard InChI is InChI=1S/C21H17Cl2N5OS/c22-17-9-8-15(11-18(17)23)25-20(29)12-30-21-27-26-19(28(21)24)10-14-6-3-5-13-4-1-2-7-16(13)14/h1-9,11H,10,12,24H2,(H,25,29). The molecule has 0 fully saturated rings. The number of carbonyl (C=O) groups excluding carboxylic acids is 1. The third-order valence-electron chi connectivity index (χ3n) is 4.50. The summed E-state index contributed by atoms with van der Waals surface area (Å²) in [5, 5.41) is 14.7. The van der Waals surface area contributed by atoms with Crippen LogP contribution in [-0.2, 0) is 11.2 Å². The fourth-order valence-electron chi connectivity index (χ4n) is 3.04. The maximum absolute atomic E-state index is 12.2. The van der Waals surface area contributed by atoms with E-state index >= 15 is 0 Å². The van der Waals surface area contributed by atoms with Crippen LogP contribution in [0.15, 0.2) is 65.8 Å². The number of nitrogen functional groups attached to an aromatic ring is 1. The van der Waals surface area contributed by atoms with Gasteiger partial charge >= 0.3 is 0 Å². The Balaban J connectivity index is 1.42. The van der Waals surface area contributed by atoms with Crippen molar-refractivity contribution in [1.29, 1.82) is 0 Å². The molecule has 1 amide bonds. The lowest BCUT2D eigenvalue weighted by molar-refractivity contribution is -0.113. The van der Waals surface area contributed by atoms with E-state index < -0.39 is 0 Å². The minimum absolute atomic E-state index is 0.129. The van der Waals surface area contributed by atoms with Crippen LogP contribution >= 0.6 is 35.0 Å². The van der Waals surface area contributed by atoms with Gasteiger partial charge in [-0.1, -0.05) is 77.4 Å². The summed E-state index contributed by atoms with van der Waals surface area (Å²) in [6.45, 7) is 0. The van der Waals surface area contributed by atoms with Crippen molar-refractivity contribution in [1.82, 2.24) is 14.9 Å². The van der Waals surface area contributed by atoms with E-state index in [1.165, 1.54) is 16.4 Å². The molecule has 0 aliphatic rings. The second-order valence-corrected chi connectivity index (χ2v) is 8.31. The molecule has 9 heteroatoms. The van der Waals surface area contributed by atoms with Gasteiger partial charge in [-0.05, 0) is 34.5 Å². The van der Waals surface area contributed by atoms with Gasteiger partial charge in [0.2, 0.25) is 11.1 Å². The fourth-order valence-corrected chi connectivity index (χ4v) is 4.02. The van der Waals surface area contributed by atoms with Crippen molar-refractivity contribution >= 4 is 57.3 Å². The van der Waals surface area contributed by atoms with Crippen molar-refractivity contribution in [2.24, 2.45) is 0 Å². The number of amides is 1. The molecule has 0 aliphatic heterocycles. The first-order valence-corrected chi connectivity index (χ1v) is 10.8. The van der Waals surface area contributed by atoms with E-state index in [0.717, 1.165) is 16.3 Å². The molecule has 3 aromatic carbocycles. The minimum atomic E-state index is -0.211. The molecule has 6 nitrogen and oxygen atoms in total. The van der Waals surface area contributed by atoms with Crippen LogP contribution in [0.25, 0.3) is 10.8 Å². The molecule has 0 atom stereocenters. The summed E-state index contributed by atoms with van der Waals surface area (Å²) < 4.78 is 1.43. The Hall–Kier alpha value is -2.74. The molecule has 0 spiro atoms. The molecule has 1 aromatic heterocycles. The average Bonchev–Trinajstić information content (AvgIpc) is 3.09. The van der Waals surface area contributed by atoms with E-state index in [1.807, 2.05) is 18.2 Å². The first kappa shape index (κ1) is 20.5. The number of fused-ring (bicyclic) bond motifs is 1. The molecule has 1 heterocycles. The summed E-state index contributed by atoms with van der Waals surface area (Å²) in [6.07, 6.45) is 0.543.